The lowest BCUT2D eigenvalue weighted by atomic mass is 10.0. The zero-order chi connectivity index (χ0) is 15.0. The van der Waals surface area contributed by atoms with Crippen LogP contribution in [0.5, 0.6) is 0 Å². The van der Waals surface area contributed by atoms with Crippen molar-refractivity contribution in [2.45, 2.75) is 37.6 Å². The summed E-state index contributed by atoms with van der Waals surface area (Å²) in [6, 6.07) is 0. The smallest absolute Gasteiger partial charge is 0.186 e. The molecule has 0 saturated carbocycles. The van der Waals surface area contributed by atoms with Gasteiger partial charge < -0.3 is 34.8 Å². The van der Waals surface area contributed by atoms with Crippen LogP contribution < -0.4 is 5.32 Å². The molecule has 1 heterocycles. The summed E-state index contributed by atoms with van der Waals surface area (Å²) in [7, 11) is 0. The van der Waals surface area contributed by atoms with Gasteiger partial charge in [-0.05, 0) is 6.92 Å². The summed E-state index contributed by atoms with van der Waals surface area (Å²) in [5, 5.41) is 31.8. The first-order chi connectivity index (χ1) is 9.57. The van der Waals surface area contributed by atoms with E-state index in [1.165, 1.54) is 0 Å². The Morgan fingerprint density at radius 2 is 1.90 bits per heavy atom. The van der Waals surface area contributed by atoms with E-state index in [2.05, 4.69) is 11.2 Å². The van der Waals surface area contributed by atoms with Crippen molar-refractivity contribution in [3.05, 3.63) is 0 Å². The predicted octanol–water partition coefficient (Wildman–Crippen LogP) is -1.93. The molecule has 116 valence electrons. The number of rotatable bonds is 8. The quantitative estimate of drug-likeness (QED) is 0.305. The molecule has 0 spiro atoms. The van der Waals surface area contributed by atoms with E-state index in [0.717, 1.165) is 0 Å². The Bertz CT molecular complexity index is 308. The molecule has 1 fully saturated rings. The predicted molar refractivity (Wildman–Crippen MR) is 70.8 cm³/mol. The second-order valence-corrected chi connectivity index (χ2v) is 4.55. The van der Waals surface area contributed by atoms with Crippen LogP contribution in [0.1, 0.15) is 6.92 Å². The largest absolute Gasteiger partial charge is 0.388 e. The molecule has 0 aliphatic carbocycles. The number of hydrogen-bond acceptors (Lipinski definition) is 7. The van der Waals surface area contributed by atoms with Crippen molar-refractivity contribution in [2.75, 3.05) is 32.9 Å². The van der Waals surface area contributed by atoms with Crippen molar-refractivity contribution in [2.24, 2.45) is 0 Å². The Hall–Kier alpha value is -0.720. The van der Waals surface area contributed by atoms with Crippen LogP contribution >= 0.6 is 0 Å². The van der Waals surface area contributed by atoms with Crippen molar-refractivity contribution in [3.63, 3.8) is 0 Å². The number of aliphatic hydroxyl groups is 3. The Labute approximate surface area is 118 Å². The molecule has 1 saturated heterocycles. The molecule has 7 nitrogen and oxygen atoms in total. The number of nitrogens with one attached hydrogen (secondary N) is 1. The van der Waals surface area contributed by atoms with Gasteiger partial charge in [0.05, 0.1) is 32.5 Å². The number of aliphatic hydroxyl groups excluding tert-OH is 3. The highest BCUT2D eigenvalue weighted by molar-refractivity contribution is 4.87. The first kappa shape index (κ1) is 17.3. The summed E-state index contributed by atoms with van der Waals surface area (Å²) in [5.74, 6) is 2.45. The maximum absolute atomic E-state index is 9.70. The number of hydrogen-bond donors (Lipinski definition) is 4. The second kappa shape index (κ2) is 9.26. The lowest BCUT2D eigenvalue weighted by molar-refractivity contribution is -0.294. The molecular formula is C13H23NO6. The molecule has 0 amide bonds. The molecule has 1 rings (SSSR count). The van der Waals surface area contributed by atoms with Gasteiger partial charge in [0.15, 0.2) is 6.29 Å². The van der Waals surface area contributed by atoms with Crippen LogP contribution in [0.4, 0.5) is 0 Å². The van der Waals surface area contributed by atoms with Crippen molar-refractivity contribution in [3.8, 4) is 12.3 Å². The van der Waals surface area contributed by atoms with E-state index >= 15 is 0 Å². The fourth-order valence-electron chi connectivity index (χ4n) is 1.78. The minimum absolute atomic E-state index is 0.215. The number of terminal acetylenes is 1. The van der Waals surface area contributed by atoms with Crippen molar-refractivity contribution in [1.82, 2.24) is 5.32 Å². The summed E-state index contributed by atoms with van der Waals surface area (Å²) in [4.78, 5) is 0. The zero-order valence-electron chi connectivity index (χ0n) is 11.6. The molecule has 2 unspecified atom stereocenters. The van der Waals surface area contributed by atoms with Crippen LogP contribution in [0.2, 0.25) is 0 Å². The van der Waals surface area contributed by atoms with Crippen LogP contribution in [-0.4, -0.2) is 78.9 Å². The lowest BCUT2D eigenvalue weighted by Crippen LogP contribution is -2.57. The average molecular weight is 289 g/mol. The Balaban J connectivity index is 2.11. The van der Waals surface area contributed by atoms with E-state index < -0.39 is 30.7 Å². The summed E-state index contributed by atoms with van der Waals surface area (Å²) in [5.41, 5.74) is 0. The number of ether oxygens (including phenoxy) is 3. The first-order valence-electron chi connectivity index (χ1n) is 6.61. The van der Waals surface area contributed by atoms with Crippen LogP contribution in [0.3, 0.4) is 0 Å². The van der Waals surface area contributed by atoms with E-state index in [1.807, 2.05) is 0 Å². The van der Waals surface area contributed by atoms with Gasteiger partial charge >= 0.3 is 0 Å². The van der Waals surface area contributed by atoms with Gasteiger partial charge in [0.1, 0.15) is 18.3 Å². The maximum atomic E-state index is 9.70. The average Bonchev–Trinajstić information content (AvgIpc) is 2.44. The molecule has 4 N–H and O–H groups in total. The van der Waals surface area contributed by atoms with Gasteiger partial charge in [0, 0.05) is 6.54 Å². The highest BCUT2D eigenvalue weighted by atomic mass is 16.7. The fraction of sp³-hybridized carbons (Fsp3) is 0.846. The minimum atomic E-state index is -1.28. The van der Waals surface area contributed by atoms with Crippen LogP contribution in [0.15, 0.2) is 0 Å². The molecule has 0 aromatic rings. The van der Waals surface area contributed by atoms with E-state index in [9.17, 15) is 15.3 Å². The van der Waals surface area contributed by atoms with E-state index in [4.69, 9.17) is 20.6 Å². The highest BCUT2D eigenvalue weighted by Gasteiger charge is 2.42. The van der Waals surface area contributed by atoms with Crippen molar-refractivity contribution < 1.29 is 29.5 Å². The van der Waals surface area contributed by atoms with E-state index in [0.29, 0.717) is 26.3 Å². The second-order valence-electron chi connectivity index (χ2n) is 4.55. The molecule has 0 bridgehead atoms. The Kier molecular flexibility index (Phi) is 8.02. The van der Waals surface area contributed by atoms with E-state index in [-0.39, 0.29) is 6.61 Å². The minimum Gasteiger partial charge on any atom is -0.388 e. The molecule has 0 aromatic carbocycles. The van der Waals surface area contributed by atoms with Gasteiger partial charge in [-0.25, -0.2) is 0 Å². The van der Waals surface area contributed by atoms with Gasteiger partial charge in [-0.3, -0.25) is 0 Å². The normalized spacial score (nSPS) is 33.9. The van der Waals surface area contributed by atoms with Gasteiger partial charge in [-0.1, -0.05) is 5.92 Å². The first-order valence-corrected chi connectivity index (χ1v) is 6.61. The van der Waals surface area contributed by atoms with Crippen LogP contribution in [-0.2, 0) is 14.2 Å². The molecule has 20 heavy (non-hydrogen) atoms. The Morgan fingerprint density at radius 1 is 1.15 bits per heavy atom. The van der Waals surface area contributed by atoms with Crippen LogP contribution in [0.25, 0.3) is 0 Å². The summed E-state index contributed by atoms with van der Waals surface area (Å²) < 4.78 is 15.8. The van der Waals surface area contributed by atoms with Crippen LogP contribution in [0, 0.1) is 12.3 Å². The van der Waals surface area contributed by atoms with E-state index in [1.54, 1.807) is 6.92 Å². The monoisotopic (exact) mass is 289 g/mol. The highest BCUT2D eigenvalue weighted by Crippen LogP contribution is 2.21. The van der Waals surface area contributed by atoms with Gasteiger partial charge in [0.2, 0.25) is 0 Å². The molecule has 1 aliphatic heterocycles. The van der Waals surface area contributed by atoms with Gasteiger partial charge in [0.25, 0.3) is 0 Å². The van der Waals surface area contributed by atoms with Gasteiger partial charge in [-0.15, -0.1) is 6.42 Å². The molecule has 0 radical (unpaired) electrons. The standard InChI is InChI=1S/C13H23NO6/c1-3-4-14-5-6-18-7-8-19-13-12(17)11(16)10(15)9(2)20-13/h1,9-17H,4-8H2,2H3/t9-,10-,11?,12-,13?/m0/s1. The molecule has 7 heteroatoms. The summed E-state index contributed by atoms with van der Waals surface area (Å²) in [6.07, 6.45) is -0.182. The third kappa shape index (κ3) is 5.34. The summed E-state index contributed by atoms with van der Waals surface area (Å²) in [6.45, 7) is 3.79. The van der Waals surface area contributed by atoms with Gasteiger partial charge in [-0.2, -0.15) is 0 Å². The van der Waals surface area contributed by atoms with Crippen molar-refractivity contribution >= 4 is 0 Å². The third-order valence-corrected chi connectivity index (χ3v) is 2.97. The maximum Gasteiger partial charge on any atom is 0.186 e. The topological polar surface area (TPSA) is 100 Å². The van der Waals surface area contributed by atoms with Crippen molar-refractivity contribution in [1.29, 1.82) is 0 Å². The SMILES string of the molecule is C#CCNCCOCCOC1O[C@@H](C)[C@H](O)C(O)[C@@H]1O. The zero-order valence-corrected chi connectivity index (χ0v) is 11.6. The summed E-state index contributed by atoms with van der Waals surface area (Å²) >= 11 is 0. The lowest BCUT2D eigenvalue weighted by Gasteiger charge is -2.38. The Morgan fingerprint density at radius 3 is 2.60 bits per heavy atom. The third-order valence-electron chi connectivity index (χ3n) is 2.97. The molecular weight excluding hydrogens is 266 g/mol. The molecule has 5 atom stereocenters. The molecule has 1 aliphatic rings. The molecule has 0 aromatic heterocycles. The fourth-order valence-corrected chi connectivity index (χ4v) is 1.78.